The van der Waals surface area contributed by atoms with E-state index < -0.39 is 5.91 Å². The number of nitrogens with two attached hydrogens (primary N) is 1. The largest absolute Gasteiger partial charge is 0.300 e. The van der Waals surface area contributed by atoms with Crippen molar-refractivity contribution in [1.82, 2.24) is 5.43 Å². The molecule has 5 nitrogen and oxygen atoms in total. The smallest absolute Gasteiger partial charge is 0.283 e. The third-order valence-electron chi connectivity index (χ3n) is 3.19. The molecule has 0 bridgehead atoms. The Morgan fingerprint density at radius 1 is 1.32 bits per heavy atom. The number of rotatable bonds is 2. The van der Waals surface area contributed by atoms with Crippen LogP contribution in [0, 0.1) is 10.8 Å². The zero-order valence-corrected chi connectivity index (χ0v) is 10.5. The summed E-state index contributed by atoms with van der Waals surface area (Å²) in [5, 5.41) is 15.8. The van der Waals surface area contributed by atoms with Crippen LogP contribution in [-0.4, -0.2) is 17.3 Å². The zero-order valence-electron chi connectivity index (χ0n) is 10.5. The Bertz CT molecular complexity index is 575. The zero-order chi connectivity index (χ0) is 13.8. The van der Waals surface area contributed by atoms with E-state index in [-0.39, 0.29) is 5.71 Å². The summed E-state index contributed by atoms with van der Waals surface area (Å²) < 4.78 is 0. The molecule has 19 heavy (non-hydrogen) atoms. The molecule has 0 saturated carbocycles. The second-order valence-corrected chi connectivity index (χ2v) is 4.44. The van der Waals surface area contributed by atoms with Crippen molar-refractivity contribution in [2.75, 3.05) is 0 Å². The maximum atomic E-state index is 11.2. The van der Waals surface area contributed by atoms with Crippen molar-refractivity contribution in [1.29, 1.82) is 10.8 Å². The molecule has 5 heteroatoms. The Morgan fingerprint density at radius 2 is 2.05 bits per heavy atom. The second kappa shape index (κ2) is 5.58. The Hall–Kier alpha value is -2.27. The van der Waals surface area contributed by atoms with Gasteiger partial charge in [0.15, 0.2) is 0 Å². The van der Waals surface area contributed by atoms with Gasteiger partial charge < -0.3 is 0 Å². The van der Waals surface area contributed by atoms with Gasteiger partial charge in [-0.05, 0) is 36.5 Å². The van der Waals surface area contributed by atoms with Gasteiger partial charge in [-0.3, -0.25) is 21.0 Å². The fraction of sp³-hybridized carbons (Fsp3) is 0.214. The predicted molar refractivity (Wildman–Crippen MR) is 74.3 cm³/mol. The highest BCUT2D eigenvalue weighted by molar-refractivity contribution is 6.42. The maximum Gasteiger partial charge on any atom is 0.283 e. The molecule has 2 rings (SSSR count). The van der Waals surface area contributed by atoms with E-state index in [4.69, 9.17) is 16.7 Å². The number of fused-ring (bicyclic) bond motifs is 1. The van der Waals surface area contributed by atoms with Crippen molar-refractivity contribution >= 4 is 17.3 Å². The van der Waals surface area contributed by atoms with Gasteiger partial charge in [0.05, 0.1) is 5.71 Å². The van der Waals surface area contributed by atoms with E-state index in [2.05, 4.69) is 0 Å². The van der Waals surface area contributed by atoms with Gasteiger partial charge in [-0.15, -0.1) is 0 Å². The summed E-state index contributed by atoms with van der Waals surface area (Å²) >= 11 is 0. The minimum absolute atomic E-state index is 0.221. The topological polar surface area (TPSA) is 103 Å². The first-order chi connectivity index (χ1) is 9.13. The van der Waals surface area contributed by atoms with Crippen LogP contribution < -0.4 is 11.3 Å². The molecule has 1 amide bonds. The number of hydrogen-bond donors (Lipinski definition) is 4. The van der Waals surface area contributed by atoms with E-state index >= 15 is 0 Å². The SMILES string of the molecule is N=C(/C=C1/CCCc2ccccc2C1=N)C(=O)NN. The van der Waals surface area contributed by atoms with E-state index in [1.807, 2.05) is 29.7 Å². The predicted octanol–water partition coefficient (Wildman–Crippen LogP) is 1.33. The van der Waals surface area contributed by atoms with Crippen LogP contribution in [0.1, 0.15) is 24.0 Å². The Morgan fingerprint density at radius 3 is 2.79 bits per heavy atom. The molecular weight excluding hydrogens is 240 g/mol. The van der Waals surface area contributed by atoms with E-state index in [1.54, 1.807) is 0 Å². The van der Waals surface area contributed by atoms with Crippen molar-refractivity contribution < 1.29 is 4.79 Å². The number of carbonyl (C=O) groups excluding carboxylic acids is 1. The lowest BCUT2D eigenvalue weighted by molar-refractivity contribution is -0.114. The van der Waals surface area contributed by atoms with Gasteiger partial charge in [0.2, 0.25) is 0 Å². The summed E-state index contributed by atoms with van der Waals surface area (Å²) in [6.45, 7) is 0. The molecule has 1 aliphatic rings. The lowest BCUT2D eigenvalue weighted by Crippen LogP contribution is -2.35. The van der Waals surface area contributed by atoms with Crippen molar-refractivity contribution in [3.05, 3.63) is 47.0 Å². The molecule has 0 unspecified atom stereocenters. The van der Waals surface area contributed by atoms with Crippen molar-refractivity contribution in [2.24, 2.45) is 5.84 Å². The first-order valence-corrected chi connectivity index (χ1v) is 6.10. The number of hydrogen-bond acceptors (Lipinski definition) is 4. The normalized spacial score (nSPS) is 16.7. The average molecular weight is 256 g/mol. The molecule has 0 heterocycles. The van der Waals surface area contributed by atoms with E-state index in [1.165, 1.54) is 6.08 Å². The lowest BCUT2D eigenvalue weighted by Gasteiger charge is -2.08. The molecule has 5 N–H and O–H groups in total. The van der Waals surface area contributed by atoms with Crippen molar-refractivity contribution in [2.45, 2.75) is 19.3 Å². The molecule has 1 aromatic rings. The fourth-order valence-electron chi connectivity index (χ4n) is 2.21. The molecule has 0 spiro atoms. The molecule has 0 saturated heterocycles. The van der Waals surface area contributed by atoms with Gasteiger partial charge in [-0.1, -0.05) is 24.3 Å². The Labute approximate surface area is 111 Å². The molecule has 0 aromatic heterocycles. The number of allylic oxidation sites excluding steroid dienone is 1. The van der Waals surface area contributed by atoms with E-state index in [9.17, 15) is 4.79 Å². The molecule has 1 aromatic carbocycles. The first-order valence-electron chi connectivity index (χ1n) is 6.10. The summed E-state index contributed by atoms with van der Waals surface area (Å²) in [7, 11) is 0. The minimum atomic E-state index is -0.641. The Kier molecular flexibility index (Phi) is 3.87. The van der Waals surface area contributed by atoms with Gasteiger partial charge in [0.25, 0.3) is 5.91 Å². The van der Waals surface area contributed by atoms with Gasteiger partial charge in [0, 0.05) is 5.56 Å². The van der Waals surface area contributed by atoms with Crippen LogP contribution in [0.5, 0.6) is 0 Å². The molecule has 1 aliphatic carbocycles. The van der Waals surface area contributed by atoms with Gasteiger partial charge >= 0.3 is 0 Å². The maximum absolute atomic E-state index is 11.2. The summed E-state index contributed by atoms with van der Waals surface area (Å²) in [6, 6.07) is 7.78. The molecular formula is C14H16N4O. The van der Waals surface area contributed by atoms with Crippen LogP contribution in [0.15, 0.2) is 35.9 Å². The van der Waals surface area contributed by atoms with E-state index in [0.29, 0.717) is 17.7 Å². The third-order valence-corrected chi connectivity index (χ3v) is 3.19. The third kappa shape index (κ3) is 2.77. The highest BCUT2D eigenvalue weighted by atomic mass is 16.2. The number of nitrogens with one attached hydrogen (secondary N) is 3. The van der Waals surface area contributed by atoms with Crippen LogP contribution in [-0.2, 0) is 11.2 Å². The molecule has 0 aliphatic heterocycles. The van der Waals surface area contributed by atoms with Gasteiger partial charge in [-0.25, -0.2) is 5.84 Å². The van der Waals surface area contributed by atoms with Crippen molar-refractivity contribution in [3.63, 3.8) is 0 Å². The van der Waals surface area contributed by atoms with Crippen LogP contribution >= 0.6 is 0 Å². The van der Waals surface area contributed by atoms with Crippen LogP contribution in [0.3, 0.4) is 0 Å². The molecule has 0 atom stereocenters. The number of benzene rings is 1. The lowest BCUT2D eigenvalue weighted by atomic mass is 9.98. The summed E-state index contributed by atoms with van der Waals surface area (Å²) in [5.41, 5.74) is 4.83. The summed E-state index contributed by atoms with van der Waals surface area (Å²) in [6.07, 6.45) is 3.94. The summed E-state index contributed by atoms with van der Waals surface area (Å²) in [5.74, 6) is 4.36. The minimum Gasteiger partial charge on any atom is -0.300 e. The molecule has 0 fully saturated rings. The Balaban J connectivity index is 2.34. The number of amides is 1. The summed E-state index contributed by atoms with van der Waals surface area (Å²) in [4.78, 5) is 11.2. The van der Waals surface area contributed by atoms with Crippen LogP contribution in [0.2, 0.25) is 0 Å². The highest BCUT2D eigenvalue weighted by Crippen LogP contribution is 2.23. The van der Waals surface area contributed by atoms with Gasteiger partial charge in [0.1, 0.15) is 5.71 Å². The number of aryl methyl sites for hydroxylation is 1. The van der Waals surface area contributed by atoms with Gasteiger partial charge in [-0.2, -0.15) is 0 Å². The standard InChI is InChI=1S/C14H16N4O/c15-12(14(19)18-17)8-10-6-3-5-9-4-1-2-7-11(9)13(10)16/h1-2,4,7-8,15-16H,3,5-6,17H2,(H,18,19)/b10-8-,15-12?,16-13?. The number of hydrazine groups is 1. The van der Waals surface area contributed by atoms with E-state index in [0.717, 1.165) is 24.0 Å². The first kappa shape index (κ1) is 13.2. The van der Waals surface area contributed by atoms with Crippen molar-refractivity contribution in [3.8, 4) is 0 Å². The van der Waals surface area contributed by atoms with Crippen LogP contribution in [0.25, 0.3) is 0 Å². The molecule has 0 radical (unpaired) electrons. The number of carbonyl (C=O) groups is 1. The fourth-order valence-corrected chi connectivity index (χ4v) is 2.21. The highest BCUT2D eigenvalue weighted by Gasteiger charge is 2.17. The average Bonchev–Trinajstić information content (AvgIpc) is 2.59. The second-order valence-electron chi connectivity index (χ2n) is 4.44. The molecule has 98 valence electrons. The monoisotopic (exact) mass is 256 g/mol. The quantitative estimate of drug-likeness (QED) is 0.211. The van der Waals surface area contributed by atoms with Crippen LogP contribution in [0.4, 0.5) is 0 Å².